The van der Waals surface area contributed by atoms with Gasteiger partial charge in [-0.3, -0.25) is 9.48 Å². The molecule has 0 bridgehead atoms. The number of aromatic nitrogens is 2. The van der Waals surface area contributed by atoms with Crippen molar-refractivity contribution in [2.75, 3.05) is 10.6 Å². The molecule has 0 aliphatic heterocycles. The van der Waals surface area contributed by atoms with Gasteiger partial charge in [-0.25, -0.2) is 0 Å². The Hall–Kier alpha value is -2.41. The normalized spacial score (nSPS) is 11.8. The molecule has 0 radical (unpaired) electrons. The van der Waals surface area contributed by atoms with Gasteiger partial charge in [-0.1, -0.05) is 26.0 Å². The van der Waals surface area contributed by atoms with Crippen LogP contribution in [0.4, 0.5) is 11.4 Å². The van der Waals surface area contributed by atoms with Gasteiger partial charge in [-0.05, 0) is 49.2 Å². The highest BCUT2D eigenvalue weighted by atomic mass is 32.1. The van der Waals surface area contributed by atoms with Crippen molar-refractivity contribution in [3.63, 3.8) is 0 Å². The number of rotatable bonds is 6. The summed E-state index contributed by atoms with van der Waals surface area (Å²) in [5, 5.41) is 10.6. The van der Waals surface area contributed by atoms with E-state index in [-0.39, 0.29) is 5.69 Å². The average molecular weight is 345 g/mol. The third-order valence-electron chi connectivity index (χ3n) is 3.92. The van der Waals surface area contributed by atoms with Gasteiger partial charge >= 0.3 is 0 Å². The SMILES string of the molecule is CC[C@@H](C)c1ccc(NC(=S)Nc2cn(CC)nc2C(N)=O)cc1. The van der Waals surface area contributed by atoms with E-state index < -0.39 is 5.91 Å². The van der Waals surface area contributed by atoms with Gasteiger partial charge in [0.1, 0.15) is 0 Å². The van der Waals surface area contributed by atoms with Gasteiger partial charge in [0.15, 0.2) is 10.8 Å². The van der Waals surface area contributed by atoms with Crippen molar-refractivity contribution in [3.05, 3.63) is 41.7 Å². The van der Waals surface area contributed by atoms with E-state index in [2.05, 4.69) is 41.7 Å². The summed E-state index contributed by atoms with van der Waals surface area (Å²) in [6, 6.07) is 8.14. The molecule has 0 aliphatic rings. The number of aryl methyl sites for hydroxylation is 1. The number of hydrogen-bond acceptors (Lipinski definition) is 3. The van der Waals surface area contributed by atoms with Gasteiger partial charge in [-0.15, -0.1) is 0 Å². The van der Waals surface area contributed by atoms with Crippen LogP contribution in [0, 0.1) is 0 Å². The second-order valence-corrected chi connectivity index (χ2v) is 6.03. The van der Waals surface area contributed by atoms with E-state index in [1.807, 2.05) is 19.1 Å². The Morgan fingerprint density at radius 3 is 2.50 bits per heavy atom. The largest absolute Gasteiger partial charge is 0.364 e. The number of primary amides is 1. The zero-order valence-electron chi connectivity index (χ0n) is 14.2. The van der Waals surface area contributed by atoms with E-state index in [0.717, 1.165) is 12.1 Å². The van der Waals surface area contributed by atoms with Crippen LogP contribution in [-0.2, 0) is 6.54 Å². The van der Waals surface area contributed by atoms with Gasteiger partial charge in [0.2, 0.25) is 0 Å². The fourth-order valence-corrected chi connectivity index (χ4v) is 2.50. The predicted octanol–water partition coefficient (Wildman–Crippen LogP) is 3.32. The molecule has 0 aliphatic carbocycles. The molecule has 0 spiro atoms. The molecule has 0 unspecified atom stereocenters. The van der Waals surface area contributed by atoms with Crippen LogP contribution in [0.1, 0.15) is 49.2 Å². The van der Waals surface area contributed by atoms with Gasteiger partial charge < -0.3 is 16.4 Å². The summed E-state index contributed by atoms with van der Waals surface area (Å²) in [7, 11) is 0. The lowest BCUT2D eigenvalue weighted by molar-refractivity contribution is 0.0995. The molecule has 0 saturated heterocycles. The topological polar surface area (TPSA) is 85.0 Å². The first-order valence-corrected chi connectivity index (χ1v) is 8.40. The maximum Gasteiger partial charge on any atom is 0.271 e. The van der Waals surface area contributed by atoms with Crippen molar-refractivity contribution in [3.8, 4) is 0 Å². The quantitative estimate of drug-likeness (QED) is 0.699. The van der Waals surface area contributed by atoms with Crippen LogP contribution in [-0.4, -0.2) is 20.8 Å². The molecule has 7 heteroatoms. The van der Waals surface area contributed by atoms with E-state index in [0.29, 0.717) is 23.3 Å². The molecule has 2 rings (SSSR count). The van der Waals surface area contributed by atoms with Crippen molar-refractivity contribution < 1.29 is 4.79 Å². The van der Waals surface area contributed by atoms with E-state index in [9.17, 15) is 4.79 Å². The summed E-state index contributed by atoms with van der Waals surface area (Å²) in [5.74, 6) is -0.0625. The Balaban J connectivity index is 2.06. The Kier molecular flexibility index (Phi) is 5.92. The monoisotopic (exact) mass is 345 g/mol. The Morgan fingerprint density at radius 1 is 1.29 bits per heavy atom. The van der Waals surface area contributed by atoms with Crippen LogP contribution in [0.3, 0.4) is 0 Å². The molecule has 6 nitrogen and oxygen atoms in total. The number of nitrogens with zero attached hydrogens (tertiary/aromatic N) is 2. The Morgan fingerprint density at radius 2 is 1.96 bits per heavy atom. The number of carbonyl (C=O) groups is 1. The second kappa shape index (κ2) is 7.92. The highest BCUT2D eigenvalue weighted by molar-refractivity contribution is 7.80. The number of thiocarbonyl (C=S) groups is 1. The lowest BCUT2D eigenvalue weighted by atomic mass is 9.99. The molecule has 2 aromatic rings. The molecule has 128 valence electrons. The third kappa shape index (κ3) is 4.32. The van der Waals surface area contributed by atoms with Gasteiger partial charge in [-0.2, -0.15) is 5.10 Å². The Labute approximate surface area is 147 Å². The first kappa shape index (κ1) is 17.9. The van der Waals surface area contributed by atoms with E-state index in [1.54, 1.807) is 10.9 Å². The summed E-state index contributed by atoms with van der Waals surface area (Å²) < 4.78 is 1.63. The lowest BCUT2D eigenvalue weighted by Crippen LogP contribution is -2.21. The van der Waals surface area contributed by atoms with Crippen LogP contribution in [0.25, 0.3) is 0 Å². The standard InChI is InChI=1S/C17H23N5OS/c1-4-11(3)12-6-8-13(9-7-12)19-17(24)20-14-10-22(5-2)21-15(14)16(18)23/h6-11H,4-5H2,1-3H3,(H2,18,23)(H2,19,20,24)/t11-/m1/s1. The average Bonchev–Trinajstić information content (AvgIpc) is 2.97. The first-order chi connectivity index (χ1) is 11.4. The molecule has 4 N–H and O–H groups in total. The Bertz CT molecular complexity index is 723. The maximum atomic E-state index is 11.5. The van der Waals surface area contributed by atoms with Crippen molar-refractivity contribution in [1.29, 1.82) is 0 Å². The lowest BCUT2D eigenvalue weighted by Gasteiger charge is -2.12. The molecule has 0 fully saturated rings. The van der Waals surface area contributed by atoms with Gasteiger partial charge in [0.05, 0.1) is 5.69 Å². The predicted molar refractivity (Wildman–Crippen MR) is 101 cm³/mol. The summed E-state index contributed by atoms with van der Waals surface area (Å²) in [4.78, 5) is 11.5. The molecule has 1 atom stereocenters. The first-order valence-electron chi connectivity index (χ1n) is 7.99. The smallest absolute Gasteiger partial charge is 0.271 e. The van der Waals surface area contributed by atoms with Crippen molar-refractivity contribution in [2.45, 2.75) is 39.7 Å². The van der Waals surface area contributed by atoms with Crippen molar-refractivity contribution in [2.24, 2.45) is 5.73 Å². The molecule has 1 amide bonds. The number of nitrogens with one attached hydrogen (secondary N) is 2. The molecule has 0 saturated carbocycles. The van der Waals surface area contributed by atoms with Crippen LogP contribution in [0.2, 0.25) is 0 Å². The fraction of sp³-hybridized carbons (Fsp3) is 0.353. The molecule has 1 heterocycles. The minimum Gasteiger partial charge on any atom is -0.364 e. The summed E-state index contributed by atoms with van der Waals surface area (Å²) >= 11 is 5.31. The van der Waals surface area contributed by atoms with Crippen LogP contribution >= 0.6 is 12.2 Å². The summed E-state index contributed by atoms with van der Waals surface area (Å²) in [6.45, 7) is 6.93. The number of hydrogen-bond donors (Lipinski definition) is 3. The third-order valence-corrected chi connectivity index (χ3v) is 4.12. The molecule has 1 aromatic carbocycles. The summed E-state index contributed by atoms with van der Waals surface area (Å²) in [6.07, 6.45) is 2.81. The summed E-state index contributed by atoms with van der Waals surface area (Å²) in [5.41, 5.74) is 8.19. The number of carbonyl (C=O) groups excluding carboxylic acids is 1. The fourth-order valence-electron chi connectivity index (χ4n) is 2.27. The van der Waals surface area contributed by atoms with E-state index in [1.165, 1.54) is 5.56 Å². The van der Waals surface area contributed by atoms with E-state index >= 15 is 0 Å². The molecule has 1 aromatic heterocycles. The van der Waals surface area contributed by atoms with Crippen LogP contribution in [0.15, 0.2) is 30.5 Å². The van der Waals surface area contributed by atoms with Crippen molar-refractivity contribution >= 4 is 34.6 Å². The minimum absolute atomic E-state index is 0.174. The molecular weight excluding hydrogens is 322 g/mol. The zero-order chi connectivity index (χ0) is 17.7. The van der Waals surface area contributed by atoms with Crippen LogP contribution < -0.4 is 16.4 Å². The van der Waals surface area contributed by atoms with Gasteiger partial charge in [0, 0.05) is 18.4 Å². The second-order valence-electron chi connectivity index (χ2n) is 5.62. The minimum atomic E-state index is -0.592. The van der Waals surface area contributed by atoms with Crippen molar-refractivity contribution in [1.82, 2.24) is 9.78 Å². The number of amides is 1. The number of benzene rings is 1. The maximum absolute atomic E-state index is 11.5. The number of nitrogens with two attached hydrogens (primary N) is 1. The highest BCUT2D eigenvalue weighted by Crippen LogP contribution is 2.21. The molecule has 24 heavy (non-hydrogen) atoms. The molecular formula is C17H23N5OS. The highest BCUT2D eigenvalue weighted by Gasteiger charge is 2.14. The number of anilines is 2. The van der Waals surface area contributed by atoms with E-state index in [4.69, 9.17) is 18.0 Å². The zero-order valence-corrected chi connectivity index (χ0v) is 15.0. The van der Waals surface area contributed by atoms with Crippen LogP contribution in [0.5, 0.6) is 0 Å². The van der Waals surface area contributed by atoms with Gasteiger partial charge in [0.25, 0.3) is 5.91 Å².